The molecule has 0 aliphatic carbocycles. The lowest BCUT2D eigenvalue weighted by molar-refractivity contribution is 0.0891. The van der Waals surface area contributed by atoms with Crippen molar-refractivity contribution in [1.29, 1.82) is 0 Å². The molecule has 1 heterocycles. The molecule has 1 aromatic rings. The summed E-state index contributed by atoms with van der Waals surface area (Å²) in [5.74, 6) is -0.0546. The van der Waals surface area contributed by atoms with Crippen LogP contribution in [0.25, 0.3) is 0 Å². The molecule has 1 unspecified atom stereocenters. The van der Waals surface area contributed by atoms with E-state index in [1.807, 2.05) is 25.1 Å². The Morgan fingerprint density at radius 1 is 1.55 bits per heavy atom. The van der Waals surface area contributed by atoms with Crippen LogP contribution in [0, 0.1) is 6.92 Å². The summed E-state index contributed by atoms with van der Waals surface area (Å²) in [7, 11) is 1.69. The van der Waals surface area contributed by atoms with Crippen LogP contribution in [0.5, 0.6) is 0 Å². The summed E-state index contributed by atoms with van der Waals surface area (Å²) in [6.07, 6.45) is 2.14. The second kappa shape index (κ2) is 6.70. The molecule has 1 aliphatic rings. The van der Waals surface area contributed by atoms with Gasteiger partial charge in [-0.2, -0.15) is 0 Å². The first-order valence-corrected chi connectivity index (χ1v) is 7.64. The molecule has 1 fully saturated rings. The standard InChI is InChI=1S/C15H21BrN2O2/c1-11-4-5-12(13(16)8-11)14(19)17-9-15(10-20-2)6-3-7-18-15/h4-5,8,18H,3,6-7,9-10H2,1-2H3,(H,17,19). The zero-order valence-corrected chi connectivity index (χ0v) is 13.5. The first-order chi connectivity index (χ1) is 9.56. The highest BCUT2D eigenvalue weighted by atomic mass is 79.9. The molecule has 5 heteroatoms. The first-order valence-electron chi connectivity index (χ1n) is 6.85. The Bertz CT molecular complexity index is 485. The summed E-state index contributed by atoms with van der Waals surface area (Å²) in [5, 5.41) is 6.47. The number of amides is 1. The van der Waals surface area contributed by atoms with Gasteiger partial charge in [0.05, 0.1) is 17.7 Å². The van der Waals surface area contributed by atoms with E-state index in [2.05, 4.69) is 26.6 Å². The third kappa shape index (κ3) is 3.59. The highest BCUT2D eigenvalue weighted by Crippen LogP contribution is 2.21. The SMILES string of the molecule is COCC1(CNC(=O)c2ccc(C)cc2Br)CCCN1. The number of aryl methyl sites for hydroxylation is 1. The van der Waals surface area contributed by atoms with E-state index < -0.39 is 0 Å². The molecule has 0 radical (unpaired) electrons. The van der Waals surface area contributed by atoms with Crippen LogP contribution in [0.15, 0.2) is 22.7 Å². The normalized spacial score (nSPS) is 21.9. The predicted molar refractivity (Wildman–Crippen MR) is 83.1 cm³/mol. The van der Waals surface area contributed by atoms with E-state index in [1.165, 1.54) is 0 Å². The maximum atomic E-state index is 12.3. The number of nitrogens with one attached hydrogen (secondary N) is 2. The van der Waals surface area contributed by atoms with Gasteiger partial charge in [-0.05, 0) is 59.9 Å². The lowest BCUT2D eigenvalue weighted by atomic mass is 9.98. The lowest BCUT2D eigenvalue weighted by Crippen LogP contribution is -2.53. The van der Waals surface area contributed by atoms with E-state index in [9.17, 15) is 4.79 Å². The Labute approximate surface area is 128 Å². The van der Waals surface area contributed by atoms with E-state index in [0.29, 0.717) is 18.7 Å². The van der Waals surface area contributed by atoms with Gasteiger partial charge in [0.15, 0.2) is 0 Å². The van der Waals surface area contributed by atoms with Crippen LogP contribution in [0.2, 0.25) is 0 Å². The highest BCUT2D eigenvalue weighted by Gasteiger charge is 2.33. The third-order valence-electron chi connectivity index (χ3n) is 3.71. The van der Waals surface area contributed by atoms with E-state index in [0.717, 1.165) is 29.4 Å². The van der Waals surface area contributed by atoms with Crippen LogP contribution in [0.1, 0.15) is 28.8 Å². The van der Waals surface area contributed by atoms with E-state index in [4.69, 9.17) is 4.74 Å². The number of benzene rings is 1. The number of hydrogen-bond donors (Lipinski definition) is 2. The zero-order valence-electron chi connectivity index (χ0n) is 12.0. The minimum absolute atomic E-state index is 0.0546. The minimum atomic E-state index is -0.123. The molecule has 1 atom stereocenters. The molecular formula is C15H21BrN2O2. The average Bonchev–Trinajstić information content (AvgIpc) is 2.85. The molecule has 2 rings (SSSR count). The van der Waals surface area contributed by atoms with Crippen molar-refractivity contribution in [2.75, 3.05) is 26.8 Å². The number of hydrogen-bond acceptors (Lipinski definition) is 3. The van der Waals surface area contributed by atoms with Gasteiger partial charge in [-0.25, -0.2) is 0 Å². The van der Waals surface area contributed by atoms with Gasteiger partial charge in [0.1, 0.15) is 0 Å². The molecule has 0 spiro atoms. The topological polar surface area (TPSA) is 50.4 Å². The van der Waals surface area contributed by atoms with Crippen LogP contribution in [-0.4, -0.2) is 38.3 Å². The Hall–Kier alpha value is -0.910. The number of rotatable bonds is 5. The smallest absolute Gasteiger partial charge is 0.252 e. The first kappa shape index (κ1) is 15.5. The summed E-state index contributed by atoms with van der Waals surface area (Å²) in [4.78, 5) is 12.3. The molecule has 1 aliphatic heterocycles. The molecule has 0 saturated carbocycles. The van der Waals surface area contributed by atoms with Crippen LogP contribution in [-0.2, 0) is 4.74 Å². The molecule has 110 valence electrons. The molecule has 4 nitrogen and oxygen atoms in total. The van der Waals surface area contributed by atoms with Gasteiger partial charge in [0.25, 0.3) is 5.91 Å². The quantitative estimate of drug-likeness (QED) is 0.864. The van der Waals surface area contributed by atoms with Crippen molar-refractivity contribution in [3.63, 3.8) is 0 Å². The summed E-state index contributed by atoms with van der Waals surface area (Å²) in [6.45, 7) is 4.18. The summed E-state index contributed by atoms with van der Waals surface area (Å²) in [6, 6.07) is 5.74. The fourth-order valence-corrected chi connectivity index (χ4v) is 3.29. The molecule has 2 N–H and O–H groups in total. The van der Waals surface area contributed by atoms with Crippen molar-refractivity contribution < 1.29 is 9.53 Å². The fourth-order valence-electron chi connectivity index (χ4n) is 2.62. The monoisotopic (exact) mass is 340 g/mol. The van der Waals surface area contributed by atoms with Crippen LogP contribution >= 0.6 is 15.9 Å². The van der Waals surface area contributed by atoms with Crippen molar-refractivity contribution in [3.8, 4) is 0 Å². The number of carbonyl (C=O) groups excluding carboxylic acids is 1. The Morgan fingerprint density at radius 3 is 2.95 bits per heavy atom. The Balaban J connectivity index is 2.00. The molecule has 1 amide bonds. The summed E-state index contributed by atoms with van der Waals surface area (Å²) in [5.41, 5.74) is 1.67. The largest absolute Gasteiger partial charge is 0.383 e. The number of halogens is 1. The van der Waals surface area contributed by atoms with Gasteiger partial charge in [-0.3, -0.25) is 4.79 Å². The number of carbonyl (C=O) groups is 1. The number of methoxy groups -OCH3 is 1. The van der Waals surface area contributed by atoms with Gasteiger partial charge < -0.3 is 15.4 Å². The minimum Gasteiger partial charge on any atom is -0.383 e. The van der Waals surface area contributed by atoms with Gasteiger partial charge in [-0.15, -0.1) is 0 Å². The summed E-state index contributed by atoms with van der Waals surface area (Å²) >= 11 is 3.44. The molecule has 0 bridgehead atoms. The predicted octanol–water partition coefficient (Wildman–Crippen LogP) is 2.26. The van der Waals surface area contributed by atoms with Crippen molar-refractivity contribution in [2.45, 2.75) is 25.3 Å². The molecule has 0 aromatic heterocycles. The van der Waals surface area contributed by atoms with Crippen molar-refractivity contribution in [2.24, 2.45) is 0 Å². The van der Waals surface area contributed by atoms with Crippen LogP contribution < -0.4 is 10.6 Å². The number of ether oxygens (including phenoxy) is 1. The second-order valence-electron chi connectivity index (χ2n) is 5.41. The second-order valence-corrected chi connectivity index (χ2v) is 6.26. The Morgan fingerprint density at radius 2 is 2.35 bits per heavy atom. The van der Waals surface area contributed by atoms with Crippen molar-refractivity contribution >= 4 is 21.8 Å². The fraction of sp³-hybridized carbons (Fsp3) is 0.533. The molecular weight excluding hydrogens is 320 g/mol. The summed E-state index contributed by atoms with van der Waals surface area (Å²) < 4.78 is 6.11. The van der Waals surface area contributed by atoms with Gasteiger partial charge in [-0.1, -0.05) is 6.07 Å². The van der Waals surface area contributed by atoms with Gasteiger partial charge in [0.2, 0.25) is 0 Å². The van der Waals surface area contributed by atoms with Gasteiger partial charge in [0, 0.05) is 18.1 Å². The maximum Gasteiger partial charge on any atom is 0.252 e. The van der Waals surface area contributed by atoms with Crippen LogP contribution in [0.3, 0.4) is 0 Å². The van der Waals surface area contributed by atoms with E-state index in [-0.39, 0.29) is 11.4 Å². The molecule has 1 saturated heterocycles. The molecule has 20 heavy (non-hydrogen) atoms. The zero-order chi connectivity index (χ0) is 14.6. The van der Waals surface area contributed by atoms with Crippen molar-refractivity contribution in [3.05, 3.63) is 33.8 Å². The molecule has 1 aromatic carbocycles. The lowest BCUT2D eigenvalue weighted by Gasteiger charge is -2.29. The van der Waals surface area contributed by atoms with E-state index in [1.54, 1.807) is 7.11 Å². The Kier molecular flexibility index (Phi) is 5.18. The van der Waals surface area contributed by atoms with Crippen molar-refractivity contribution in [1.82, 2.24) is 10.6 Å². The third-order valence-corrected chi connectivity index (χ3v) is 4.37. The van der Waals surface area contributed by atoms with Crippen LogP contribution in [0.4, 0.5) is 0 Å². The van der Waals surface area contributed by atoms with Gasteiger partial charge >= 0.3 is 0 Å². The average molecular weight is 341 g/mol. The van der Waals surface area contributed by atoms with E-state index >= 15 is 0 Å². The maximum absolute atomic E-state index is 12.3. The highest BCUT2D eigenvalue weighted by molar-refractivity contribution is 9.10.